The number of carbonyl (C=O) groups is 2. The minimum absolute atomic E-state index is 0.00632. The zero-order chi connectivity index (χ0) is 15.5. The summed E-state index contributed by atoms with van der Waals surface area (Å²) in [5, 5.41) is 4.79. The molecule has 1 N–H and O–H groups in total. The molecule has 0 saturated carbocycles. The number of benzene rings is 1. The molecule has 2 heterocycles. The Kier molecular flexibility index (Phi) is 4.20. The van der Waals surface area contributed by atoms with Gasteiger partial charge in [0, 0.05) is 36.7 Å². The fraction of sp³-hybridized carbons (Fsp3) is 0.312. The molecular formula is C16H17N3O2S. The van der Waals surface area contributed by atoms with Crippen LogP contribution in [0.5, 0.6) is 0 Å². The van der Waals surface area contributed by atoms with Crippen molar-refractivity contribution in [3.8, 4) is 0 Å². The van der Waals surface area contributed by atoms with Crippen LogP contribution < -0.4 is 10.1 Å². The van der Waals surface area contributed by atoms with Gasteiger partial charge in [-0.05, 0) is 24.5 Å². The molecule has 1 aliphatic heterocycles. The van der Waals surface area contributed by atoms with Crippen LogP contribution in [-0.4, -0.2) is 16.4 Å². The average molecular weight is 315 g/mol. The molecule has 3 rings (SSSR count). The molecule has 22 heavy (non-hydrogen) atoms. The first kappa shape index (κ1) is 14.7. The molecule has 6 heteroatoms. The van der Waals surface area contributed by atoms with E-state index in [1.807, 2.05) is 47.5 Å². The Balaban J connectivity index is 1.64. The van der Waals surface area contributed by atoms with E-state index < -0.39 is 0 Å². The molecule has 5 nitrogen and oxygen atoms in total. The van der Waals surface area contributed by atoms with Crippen LogP contribution in [0.25, 0.3) is 0 Å². The maximum absolute atomic E-state index is 12.1. The molecule has 0 unspecified atom stereocenters. The number of hydrogen-bond donors (Lipinski definition) is 1. The molecule has 1 atom stereocenters. The Bertz CT molecular complexity index is 775. The largest absolute Gasteiger partial charge is 0.327 e. The summed E-state index contributed by atoms with van der Waals surface area (Å²) in [4.78, 5) is 28.8. The number of carbonyl (C=O) groups excluding carboxylic acids is 2. The van der Waals surface area contributed by atoms with Crippen LogP contribution in [0.1, 0.15) is 18.4 Å². The highest BCUT2D eigenvalue weighted by Crippen LogP contribution is 2.27. The third-order valence-corrected chi connectivity index (χ3v) is 4.65. The molecule has 0 spiro atoms. The van der Waals surface area contributed by atoms with Crippen molar-refractivity contribution in [3.63, 3.8) is 0 Å². The van der Waals surface area contributed by atoms with Gasteiger partial charge in [0.2, 0.25) is 11.8 Å². The lowest BCUT2D eigenvalue weighted by molar-refractivity contribution is -0.121. The second kappa shape index (κ2) is 6.27. The zero-order valence-corrected chi connectivity index (χ0v) is 13.1. The van der Waals surface area contributed by atoms with Crippen LogP contribution in [0, 0.1) is 5.92 Å². The lowest BCUT2D eigenvalue weighted by Gasteiger charge is -2.24. The molecule has 0 saturated heterocycles. The van der Waals surface area contributed by atoms with Crippen LogP contribution in [0.2, 0.25) is 0 Å². The number of para-hydroxylation sites is 1. The monoisotopic (exact) mass is 315 g/mol. The topological polar surface area (TPSA) is 63.5 Å². The maximum Gasteiger partial charge on any atom is 0.248 e. The van der Waals surface area contributed by atoms with E-state index in [0.29, 0.717) is 17.6 Å². The number of amides is 2. The number of nitrogens with one attached hydrogen (secondary N) is 1. The number of hydrogen-bond acceptors (Lipinski definition) is 3. The van der Waals surface area contributed by atoms with E-state index in [2.05, 4.69) is 10.3 Å². The van der Waals surface area contributed by atoms with E-state index >= 15 is 0 Å². The van der Waals surface area contributed by atoms with Gasteiger partial charge in [-0.3, -0.25) is 9.59 Å². The van der Waals surface area contributed by atoms with Gasteiger partial charge in [-0.25, -0.2) is 0 Å². The van der Waals surface area contributed by atoms with E-state index in [0.717, 1.165) is 11.3 Å². The van der Waals surface area contributed by atoms with Gasteiger partial charge in [0.05, 0.1) is 0 Å². The van der Waals surface area contributed by atoms with Gasteiger partial charge >= 0.3 is 0 Å². The fourth-order valence-electron chi connectivity index (χ4n) is 2.54. The minimum atomic E-state index is -0.176. The Labute approximate surface area is 132 Å². The predicted octanol–water partition coefficient (Wildman–Crippen LogP) is 2.11. The second-order valence-electron chi connectivity index (χ2n) is 5.39. The van der Waals surface area contributed by atoms with Crippen LogP contribution in [0.3, 0.4) is 0 Å². The standard InChI is InChI=1S/C16H17N3O2S/c1-19-8-9-22-16(19)18-14(20)7-6-12-10-11-4-2-3-5-13(11)17-15(12)21/h2-5,8-9,12H,6-7,10H2,1H3,(H,17,21)/t12-/m0/s1. The number of nitrogens with zero attached hydrogens (tertiary/aromatic N) is 2. The molecule has 0 radical (unpaired) electrons. The summed E-state index contributed by atoms with van der Waals surface area (Å²) < 4.78 is 1.81. The Morgan fingerprint density at radius 1 is 1.45 bits per heavy atom. The molecule has 2 amide bonds. The zero-order valence-electron chi connectivity index (χ0n) is 12.3. The smallest absolute Gasteiger partial charge is 0.248 e. The van der Waals surface area contributed by atoms with Crippen molar-refractivity contribution in [2.75, 3.05) is 5.32 Å². The summed E-state index contributed by atoms with van der Waals surface area (Å²) >= 11 is 1.43. The van der Waals surface area contributed by atoms with Gasteiger partial charge in [0.1, 0.15) is 0 Å². The molecule has 1 aliphatic rings. The summed E-state index contributed by atoms with van der Waals surface area (Å²) in [7, 11) is 1.86. The Hall–Kier alpha value is -2.21. The van der Waals surface area contributed by atoms with Gasteiger partial charge in [-0.2, -0.15) is 4.99 Å². The summed E-state index contributed by atoms with van der Waals surface area (Å²) in [6.07, 6.45) is 3.36. The molecule has 0 bridgehead atoms. The van der Waals surface area contributed by atoms with Crippen LogP contribution in [0.15, 0.2) is 40.8 Å². The van der Waals surface area contributed by atoms with Crippen molar-refractivity contribution in [1.82, 2.24) is 4.57 Å². The molecule has 1 aromatic heterocycles. The van der Waals surface area contributed by atoms with Crippen molar-refractivity contribution in [1.29, 1.82) is 0 Å². The molecular weight excluding hydrogens is 298 g/mol. The molecule has 2 aromatic rings. The van der Waals surface area contributed by atoms with E-state index in [-0.39, 0.29) is 24.2 Å². The van der Waals surface area contributed by atoms with Gasteiger partial charge in [-0.15, -0.1) is 11.3 Å². The predicted molar refractivity (Wildman–Crippen MR) is 85.4 cm³/mol. The van der Waals surface area contributed by atoms with Crippen molar-refractivity contribution in [3.05, 3.63) is 46.2 Å². The van der Waals surface area contributed by atoms with E-state index in [4.69, 9.17) is 0 Å². The van der Waals surface area contributed by atoms with Crippen LogP contribution in [-0.2, 0) is 23.1 Å². The number of rotatable bonds is 3. The number of aryl methyl sites for hydroxylation is 1. The molecule has 114 valence electrons. The average Bonchev–Trinajstić information content (AvgIpc) is 2.90. The minimum Gasteiger partial charge on any atom is -0.327 e. The third kappa shape index (κ3) is 3.17. The molecule has 0 fully saturated rings. The Morgan fingerprint density at radius 2 is 2.27 bits per heavy atom. The Morgan fingerprint density at radius 3 is 3.05 bits per heavy atom. The fourth-order valence-corrected chi connectivity index (χ4v) is 3.29. The van der Waals surface area contributed by atoms with Crippen molar-refractivity contribution >= 4 is 28.8 Å². The second-order valence-corrected chi connectivity index (χ2v) is 6.26. The van der Waals surface area contributed by atoms with Gasteiger partial charge < -0.3 is 9.88 Å². The quantitative estimate of drug-likeness (QED) is 0.943. The van der Waals surface area contributed by atoms with Crippen molar-refractivity contribution in [2.24, 2.45) is 18.0 Å². The lowest BCUT2D eigenvalue weighted by atomic mass is 9.90. The van der Waals surface area contributed by atoms with Crippen molar-refractivity contribution < 1.29 is 9.59 Å². The van der Waals surface area contributed by atoms with Gasteiger partial charge in [0.25, 0.3) is 0 Å². The highest BCUT2D eigenvalue weighted by atomic mass is 32.1. The normalized spacial score (nSPS) is 18.0. The first-order chi connectivity index (χ1) is 10.6. The number of aromatic nitrogens is 1. The summed E-state index contributed by atoms with van der Waals surface area (Å²) in [6, 6.07) is 7.79. The lowest BCUT2D eigenvalue weighted by Crippen LogP contribution is -2.30. The number of anilines is 1. The number of thiazole rings is 1. The third-order valence-electron chi connectivity index (χ3n) is 3.80. The molecule has 1 aromatic carbocycles. The van der Waals surface area contributed by atoms with Gasteiger partial charge in [0.15, 0.2) is 4.80 Å². The highest BCUT2D eigenvalue weighted by molar-refractivity contribution is 7.07. The SMILES string of the molecule is Cn1ccsc1=NC(=O)CC[C@H]1Cc2ccccc2NC1=O. The van der Waals surface area contributed by atoms with E-state index in [1.54, 1.807) is 0 Å². The van der Waals surface area contributed by atoms with Crippen LogP contribution in [0.4, 0.5) is 5.69 Å². The maximum atomic E-state index is 12.1. The van der Waals surface area contributed by atoms with Crippen molar-refractivity contribution in [2.45, 2.75) is 19.3 Å². The first-order valence-electron chi connectivity index (χ1n) is 7.20. The number of fused-ring (bicyclic) bond motifs is 1. The van der Waals surface area contributed by atoms with E-state index in [9.17, 15) is 9.59 Å². The van der Waals surface area contributed by atoms with E-state index in [1.165, 1.54) is 11.3 Å². The molecule has 0 aliphatic carbocycles. The van der Waals surface area contributed by atoms with Gasteiger partial charge in [-0.1, -0.05) is 18.2 Å². The summed E-state index contributed by atoms with van der Waals surface area (Å²) in [5.74, 6) is -0.343. The van der Waals surface area contributed by atoms with Crippen LogP contribution >= 0.6 is 11.3 Å². The first-order valence-corrected chi connectivity index (χ1v) is 8.08. The summed E-state index contributed by atoms with van der Waals surface area (Å²) in [5.41, 5.74) is 2.01. The highest BCUT2D eigenvalue weighted by Gasteiger charge is 2.26. The summed E-state index contributed by atoms with van der Waals surface area (Å²) in [6.45, 7) is 0.